The zero-order valence-electron chi connectivity index (χ0n) is 37.7. The molecule has 1 unspecified atom stereocenters. The number of alkyl carbamates (subject to hydrolysis) is 1. The van der Waals surface area contributed by atoms with Crippen LogP contribution >= 0.6 is 11.6 Å². The van der Waals surface area contributed by atoms with Crippen molar-refractivity contribution in [3.63, 3.8) is 0 Å². The summed E-state index contributed by atoms with van der Waals surface area (Å²) in [5.74, 6) is 0.178. The molecule has 16 heteroatoms. The quantitative estimate of drug-likeness (QED) is 0.0837. The number of Topliss-reactive ketones (excluding diaryl/α,β-unsaturated/α-hetero) is 1. The largest absolute Gasteiger partial charge is 0.444 e. The molecule has 1 saturated carbocycles. The number of rotatable bonds is 15. The lowest BCUT2D eigenvalue weighted by molar-refractivity contribution is -0.130. The highest BCUT2D eigenvalue weighted by Crippen LogP contribution is 2.32. The van der Waals surface area contributed by atoms with E-state index >= 15 is 0 Å². The third kappa shape index (κ3) is 14.1. The number of H-pyrrole nitrogens is 1. The molecule has 2 atom stereocenters. The molecule has 1 aromatic heterocycles. The van der Waals surface area contributed by atoms with Crippen molar-refractivity contribution in [2.45, 2.75) is 117 Å². The Hall–Kier alpha value is -5.83. The molecule has 0 bridgehead atoms. The number of nitrogens with zero attached hydrogens (tertiary/aromatic N) is 4. The molecule has 1 saturated heterocycles. The van der Waals surface area contributed by atoms with Crippen LogP contribution in [-0.2, 0) is 25.5 Å². The van der Waals surface area contributed by atoms with Gasteiger partial charge in [0.25, 0.3) is 0 Å². The molecule has 6 rings (SSSR count). The van der Waals surface area contributed by atoms with Gasteiger partial charge in [-0.25, -0.2) is 9.59 Å². The van der Waals surface area contributed by atoms with E-state index < -0.39 is 23.3 Å². The summed E-state index contributed by atoms with van der Waals surface area (Å²) in [5, 5.41) is 23.3. The van der Waals surface area contributed by atoms with Crippen molar-refractivity contribution in [1.82, 2.24) is 36.2 Å². The fourth-order valence-electron chi connectivity index (χ4n) is 8.12. The van der Waals surface area contributed by atoms with E-state index in [9.17, 15) is 24.0 Å². The number of hydrogen-bond donors (Lipinski definition) is 4. The summed E-state index contributed by atoms with van der Waals surface area (Å²) in [5.41, 5.74) is 3.13. The number of amides is 4. The SMILES string of the molecule is CC(C)(C)OC(=O)NCC1CCC(C(=O)N[C@@H](Cc2ccc(-c3ccc(C(=O)CCCC4CCN(C(=O)OC(C)(C)C)C4)cc3Cl)cc2)C(=O)Nc2ccc(-c3nn[nH]n3)cc2)CC1. The third-order valence-electron chi connectivity index (χ3n) is 11.5. The van der Waals surface area contributed by atoms with Gasteiger partial charge in [-0.3, -0.25) is 14.4 Å². The number of carbonyl (C=O) groups excluding carboxylic acids is 5. The van der Waals surface area contributed by atoms with Crippen molar-refractivity contribution in [3.05, 3.63) is 82.9 Å². The number of carbonyl (C=O) groups is 5. The Labute approximate surface area is 380 Å². The molecule has 0 spiro atoms. The Bertz CT molecular complexity index is 2230. The Morgan fingerprint density at radius 2 is 1.53 bits per heavy atom. The molecule has 2 fully saturated rings. The predicted octanol–water partition coefficient (Wildman–Crippen LogP) is 8.79. The molecule has 15 nitrogen and oxygen atoms in total. The summed E-state index contributed by atoms with van der Waals surface area (Å²) in [4.78, 5) is 67.2. The van der Waals surface area contributed by atoms with Gasteiger partial charge in [0, 0.05) is 65.8 Å². The number of tetrazole rings is 1. The topological polar surface area (TPSA) is 198 Å². The van der Waals surface area contributed by atoms with Crippen LogP contribution < -0.4 is 16.0 Å². The smallest absolute Gasteiger partial charge is 0.410 e. The van der Waals surface area contributed by atoms with Crippen molar-refractivity contribution < 1.29 is 33.4 Å². The molecule has 64 heavy (non-hydrogen) atoms. The fourth-order valence-corrected chi connectivity index (χ4v) is 8.41. The van der Waals surface area contributed by atoms with Crippen LogP contribution in [-0.4, -0.2) is 92.2 Å². The number of likely N-dealkylation sites (tertiary alicyclic amines) is 1. The van der Waals surface area contributed by atoms with Crippen LogP contribution in [0.2, 0.25) is 5.02 Å². The standard InChI is InChI=1S/C48H61ClN8O7/c1-47(2,3)63-45(61)50-28-31-12-16-35(17-13-31)43(59)52-40(44(60)51-37-21-18-34(19-22-37)42-53-55-56-54-42)26-30-10-14-33(15-11-30)38-23-20-36(27-39(38)49)41(58)9-7-8-32-24-25-57(29-32)46(62)64-48(4,5)6/h10-11,14-15,18-23,27,31-32,35,40H,7-9,12-13,16-17,24-26,28-29H2,1-6H3,(H,50,61)(H,51,60)(H,52,59)(H,53,54,55,56)/t31?,32?,35?,40-/m0/s1. The molecule has 1 aliphatic carbocycles. The van der Waals surface area contributed by atoms with Gasteiger partial charge in [0.1, 0.15) is 17.2 Å². The van der Waals surface area contributed by atoms with Crippen molar-refractivity contribution in [2.24, 2.45) is 17.8 Å². The minimum atomic E-state index is -0.881. The summed E-state index contributed by atoms with van der Waals surface area (Å²) in [6, 6.07) is 19.2. The van der Waals surface area contributed by atoms with E-state index in [0.29, 0.717) is 66.9 Å². The number of anilines is 1. The number of aromatic amines is 1. The van der Waals surface area contributed by atoms with E-state index in [2.05, 4.69) is 36.6 Å². The van der Waals surface area contributed by atoms with Crippen molar-refractivity contribution in [2.75, 3.05) is 25.0 Å². The number of nitrogens with one attached hydrogen (secondary N) is 4. The third-order valence-corrected chi connectivity index (χ3v) is 11.8. The maximum absolute atomic E-state index is 13.9. The summed E-state index contributed by atoms with van der Waals surface area (Å²) >= 11 is 6.78. The lowest BCUT2D eigenvalue weighted by atomic mass is 9.81. The van der Waals surface area contributed by atoms with Crippen LogP contribution in [0.5, 0.6) is 0 Å². The average Bonchev–Trinajstić information content (AvgIpc) is 3.96. The molecule has 0 radical (unpaired) electrons. The Kier molecular flexibility index (Phi) is 15.8. The second kappa shape index (κ2) is 21.2. The number of ketones is 1. The van der Waals surface area contributed by atoms with Gasteiger partial charge in [0.05, 0.1) is 0 Å². The average molecular weight is 898 g/mol. The molecule has 342 valence electrons. The van der Waals surface area contributed by atoms with Crippen molar-refractivity contribution >= 4 is 47.1 Å². The Morgan fingerprint density at radius 3 is 2.17 bits per heavy atom. The fraction of sp³-hybridized carbons (Fsp3) is 0.500. The molecular formula is C48H61ClN8O7. The predicted molar refractivity (Wildman–Crippen MR) is 245 cm³/mol. The van der Waals surface area contributed by atoms with E-state index in [1.165, 1.54) is 0 Å². The first-order valence-corrected chi connectivity index (χ1v) is 22.6. The molecule has 3 aromatic carbocycles. The van der Waals surface area contributed by atoms with Gasteiger partial charge in [-0.1, -0.05) is 48.0 Å². The highest BCUT2D eigenvalue weighted by Gasteiger charge is 2.32. The summed E-state index contributed by atoms with van der Waals surface area (Å²) in [6.07, 6.45) is 5.13. The van der Waals surface area contributed by atoms with Crippen molar-refractivity contribution in [3.8, 4) is 22.5 Å². The molecule has 1 aliphatic heterocycles. The van der Waals surface area contributed by atoms with E-state index in [1.807, 2.05) is 71.9 Å². The van der Waals surface area contributed by atoms with Crippen LogP contribution in [0.1, 0.15) is 109 Å². The summed E-state index contributed by atoms with van der Waals surface area (Å²) < 4.78 is 10.9. The maximum Gasteiger partial charge on any atom is 0.410 e. The highest BCUT2D eigenvalue weighted by molar-refractivity contribution is 6.33. The molecular weight excluding hydrogens is 836 g/mol. The van der Waals surface area contributed by atoms with Crippen LogP contribution in [0.25, 0.3) is 22.5 Å². The minimum absolute atomic E-state index is 0.0170. The highest BCUT2D eigenvalue weighted by atomic mass is 35.5. The Balaban J connectivity index is 1.05. The van der Waals surface area contributed by atoms with E-state index in [0.717, 1.165) is 54.4 Å². The molecule has 2 aliphatic rings. The molecule has 2 heterocycles. The minimum Gasteiger partial charge on any atom is -0.444 e. The second-order valence-corrected chi connectivity index (χ2v) is 19.4. The zero-order chi connectivity index (χ0) is 46.0. The van der Waals surface area contributed by atoms with Gasteiger partial charge in [0.15, 0.2) is 5.78 Å². The number of benzene rings is 3. The number of aromatic nitrogens is 4. The first-order chi connectivity index (χ1) is 30.4. The van der Waals surface area contributed by atoms with Gasteiger partial charge in [-0.15, -0.1) is 10.2 Å². The van der Waals surface area contributed by atoms with Gasteiger partial charge in [-0.05, 0) is 145 Å². The second-order valence-electron chi connectivity index (χ2n) is 19.0. The first-order valence-electron chi connectivity index (χ1n) is 22.2. The normalized spacial score (nSPS) is 18.2. The monoisotopic (exact) mass is 896 g/mol. The Morgan fingerprint density at radius 1 is 0.844 bits per heavy atom. The van der Waals surface area contributed by atoms with Crippen LogP contribution in [0.3, 0.4) is 0 Å². The number of halogens is 1. The van der Waals surface area contributed by atoms with Crippen molar-refractivity contribution in [1.29, 1.82) is 0 Å². The van der Waals surface area contributed by atoms with Crippen LogP contribution in [0.15, 0.2) is 66.7 Å². The van der Waals surface area contributed by atoms with Crippen LogP contribution in [0, 0.1) is 17.8 Å². The molecule has 4 N–H and O–H groups in total. The summed E-state index contributed by atoms with van der Waals surface area (Å²) in [6.45, 7) is 12.8. The number of ether oxygens (including phenoxy) is 2. The van der Waals surface area contributed by atoms with Gasteiger partial charge < -0.3 is 30.3 Å². The zero-order valence-corrected chi connectivity index (χ0v) is 38.4. The lowest BCUT2D eigenvalue weighted by Crippen LogP contribution is -2.48. The molecule has 4 amide bonds. The van der Waals surface area contributed by atoms with E-state index in [-0.39, 0.29) is 41.9 Å². The van der Waals surface area contributed by atoms with Gasteiger partial charge in [0.2, 0.25) is 17.6 Å². The first kappa shape index (κ1) is 47.6. The van der Waals surface area contributed by atoms with Gasteiger partial charge >= 0.3 is 12.2 Å². The number of hydrogen-bond acceptors (Lipinski definition) is 10. The molecule has 4 aromatic rings. The van der Waals surface area contributed by atoms with Crippen LogP contribution in [0.4, 0.5) is 15.3 Å². The van der Waals surface area contributed by atoms with Gasteiger partial charge in [-0.2, -0.15) is 5.21 Å². The lowest BCUT2D eigenvalue weighted by Gasteiger charge is -2.29. The van der Waals surface area contributed by atoms with E-state index in [1.54, 1.807) is 41.3 Å². The maximum atomic E-state index is 13.9. The summed E-state index contributed by atoms with van der Waals surface area (Å²) in [7, 11) is 0. The van der Waals surface area contributed by atoms with E-state index in [4.69, 9.17) is 21.1 Å².